The summed E-state index contributed by atoms with van der Waals surface area (Å²) in [5, 5.41) is 9.20. The summed E-state index contributed by atoms with van der Waals surface area (Å²) in [5.41, 5.74) is 2.15. The maximum Gasteiger partial charge on any atom is 0.0485 e. The zero-order valence-corrected chi connectivity index (χ0v) is 10.8. The van der Waals surface area contributed by atoms with Crippen molar-refractivity contribution in [3.05, 3.63) is 11.6 Å². The summed E-state index contributed by atoms with van der Waals surface area (Å²) in [5.74, 6) is 0. The summed E-state index contributed by atoms with van der Waals surface area (Å²) >= 11 is 0. The lowest BCUT2D eigenvalue weighted by Crippen LogP contribution is -2.19. The zero-order valence-electron chi connectivity index (χ0n) is 10.8. The first kappa shape index (κ1) is 12.8. The Morgan fingerprint density at radius 1 is 1.40 bits per heavy atom. The van der Waals surface area contributed by atoms with Gasteiger partial charge in [0.1, 0.15) is 0 Å². The van der Waals surface area contributed by atoms with Crippen LogP contribution in [-0.2, 0) is 0 Å². The van der Waals surface area contributed by atoms with E-state index < -0.39 is 0 Å². The molecule has 0 unspecified atom stereocenters. The van der Waals surface area contributed by atoms with Crippen LogP contribution in [0.25, 0.3) is 0 Å². The molecule has 0 atom stereocenters. The first-order valence-corrected chi connectivity index (χ1v) is 6.13. The minimum Gasteiger partial charge on any atom is -0.396 e. The molecule has 0 aliphatic heterocycles. The molecule has 0 radical (unpaired) electrons. The highest BCUT2D eigenvalue weighted by Crippen LogP contribution is 2.38. The molecular formula is C14H26O. The first-order valence-electron chi connectivity index (χ1n) is 6.13. The van der Waals surface area contributed by atoms with Crippen molar-refractivity contribution in [1.29, 1.82) is 0 Å². The fourth-order valence-electron chi connectivity index (χ4n) is 2.24. The third-order valence-electron chi connectivity index (χ3n) is 3.43. The lowest BCUT2D eigenvalue weighted by atomic mass is 9.74. The van der Waals surface area contributed by atoms with E-state index in [0.717, 1.165) is 6.42 Å². The van der Waals surface area contributed by atoms with Crippen LogP contribution in [0.3, 0.4) is 0 Å². The molecular weight excluding hydrogens is 184 g/mol. The SMILES string of the molecule is CC(C)(CO)CC=C1CCCC(C)(C)C1. The molecule has 1 aliphatic rings. The van der Waals surface area contributed by atoms with E-state index in [-0.39, 0.29) is 12.0 Å². The minimum atomic E-state index is 0.0502. The van der Waals surface area contributed by atoms with Crippen LogP contribution < -0.4 is 0 Å². The van der Waals surface area contributed by atoms with Gasteiger partial charge in [0.05, 0.1) is 0 Å². The first-order chi connectivity index (χ1) is 6.85. The van der Waals surface area contributed by atoms with Crippen LogP contribution in [0.1, 0.15) is 59.8 Å². The van der Waals surface area contributed by atoms with Gasteiger partial charge < -0.3 is 5.11 Å². The number of hydrogen-bond donors (Lipinski definition) is 1. The molecule has 0 aromatic carbocycles. The molecule has 1 N–H and O–H groups in total. The summed E-state index contributed by atoms with van der Waals surface area (Å²) in [6.07, 6.45) is 8.58. The molecule has 0 bridgehead atoms. The molecule has 1 nitrogen and oxygen atoms in total. The molecule has 0 saturated heterocycles. The van der Waals surface area contributed by atoms with E-state index in [0.29, 0.717) is 5.41 Å². The number of aliphatic hydroxyl groups is 1. The summed E-state index contributed by atoms with van der Waals surface area (Å²) in [4.78, 5) is 0. The highest BCUT2D eigenvalue weighted by molar-refractivity contribution is 5.09. The molecule has 15 heavy (non-hydrogen) atoms. The molecule has 0 amide bonds. The lowest BCUT2D eigenvalue weighted by molar-refractivity contribution is 0.161. The Hall–Kier alpha value is -0.300. The Morgan fingerprint density at radius 3 is 2.60 bits per heavy atom. The van der Waals surface area contributed by atoms with Crippen molar-refractivity contribution in [2.45, 2.75) is 59.8 Å². The average molecular weight is 210 g/mol. The molecule has 1 saturated carbocycles. The summed E-state index contributed by atoms with van der Waals surface area (Å²) < 4.78 is 0. The number of allylic oxidation sites excluding steroid dienone is 2. The van der Waals surface area contributed by atoms with Gasteiger partial charge in [0.25, 0.3) is 0 Å². The van der Waals surface area contributed by atoms with Crippen molar-refractivity contribution in [2.75, 3.05) is 6.61 Å². The maximum absolute atomic E-state index is 9.20. The van der Waals surface area contributed by atoms with Gasteiger partial charge in [0.15, 0.2) is 0 Å². The van der Waals surface area contributed by atoms with E-state index in [1.165, 1.54) is 25.7 Å². The van der Waals surface area contributed by atoms with E-state index in [1.807, 2.05) is 0 Å². The van der Waals surface area contributed by atoms with Gasteiger partial charge in [-0.25, -0.2) is 0 Å². The summed E-state index contributed by atoms with van der Waals surface area (Å²) in [6, 6.07) is 0. The van der Waals surface area contributed by atoms with Crippen molar-refractivity contribution in [2.24, 2.45) is 10.8 Å². The predicted molar refractivity (Wildman–Crippen MR) is 65.8 cm³/mol. The molecule has 0 heterocycles. The highest BCUT2D eigenvalue weighted by atomic mass is 16.3. The van der Waals surface area contributed by atoms with E-state index in [2.05, 4.69) is 33.8 Å². The second kappa shape index (κ2) is 4.69. The summed E-state index contributed by atoms with van der Waals surface area (Å²) in [7, 11) is 0. The van der Waals surface area contributed by atoms with Gasteiger partial charge in [0, 0.05) is 6.61 Å². The largest absolute Gasteiger partial charge is 0.396 e. The molecule has 1 rings (SSSR count). The van der Waals surface area contributed by atoms with Crippen molar-refractivity contribution in [3.8, 4) is 0 Å². The molecule has 1 fully saturated rings. The molecule has 1 heteroatoms. The Labute approximate surface area is 94.6 Å². The Balaban J connectivity index is 2.53. The van der Waals surface area contributed by atoms with E-state index >= 15 is 0 Å². The van der Waals surface area contributed by atoms with Gasteiger partial charge in [-0.1, -0.05) is 39.3 Å². The maximum atomic E-state index is 9.20. The topological polar surface area (TPSA) is 20.2 Å². The Bertz CT molecular complexity index is 236. The van der Waals surface area contributed by atoms with Crippen LogP contribution in [0, 0.1) is 10.8 Å². The standard InChI is InChI=1S/C14H26O/c1-13(2)8-5-6-12(10-13)7-9-14(3,4)11-15/h7,15H,5-6,8-11H2,1-4H3. The number of hydrogen-bond acceptors (Lipinski definition) is 1. The van der Waals surface area contributed by atoms with E-state index in [9.17, 15) is 5.11 Å². The molecule has 1 aliphatic carbocycles. The second-order valence-electron chi connectivity index (χ2n) is 6.58. The fourth-order valence-corrected chi connectivity index (χ4v) is 2.24. The summed E-state index contributed by atoms with van der Waals surface area (Å²) in [6.45, 7) is 9.24. The van der Waals surface area contributed by atoms with Gasteiger partial charge in [0.2, 0.25) is 0 Å². The Morgan fingerprint density at radius 2 is 2.07 bits per heavy atom. The van der Waals surface area contributed by atoms with Gasteiger partial charge in [-0.15, -0.1) is 0 Å². The van der Waals surface area contributed by atoms with Gasteiger partial charge in [-0.2, -0.15) is 0 Å². The van der Waals surface area contributed by atoms with E-state index in [4.69, 9.17) is 0 Å². The zero-order chi connectivity index (χ0) is 11.5. The van der Waals surface area contributed by atoms with Crippen LogP contribution in [-0.4, -0.2) is 11.7 Å². The van der Waals surface area contributed by atoms with Crippen LogP contribution in [0.2, 0.25) is 0 Å². The highest BCUT2D eigenvalue weighted by Gasteiger charge is 2.24. The van der Waals surface area contributed by atoms with Crippen LogP contribution in [0.15, 0.2) is 11.6 Å². The third kappa shape index (κ3) is 4.38. The fraction of sp³-hybridized carbons (Fsp3) is 0.857. The second-order valence-corrected chi connectivity index (χ2v) is 6.58. The smallest absolute Gasteiger partial charge is 0.0485 e. The number of rotatable bonds is 3. The van der Waals surface area contributed by atoms with Gasteiger partial charge in [-0.05, 0) is 42.9 Å². The molecule has 88 valence electrons. The predicted octanol–water partition coefficient (Wildman–Crippen LogP) is 3.92. The number of aliphatic hydroxyl groups excluding tert-OH is 1. The molecule has 0 spiro atoms. The average Bonchev–Trinajstić information content (AvgIpc) is 2.14. The van der Waals surface area contributed by atoms with Gasteiger partial charge >= 0.3 is 0 Å². The van der Waals surface area contributed by atoms with Crippen LogP contribution in [0.5, 0.6) is 0 Å². The molecule has 0 aromatic heterocycles. The van der Waals surface area contributed by atoms with Crippen molar-refractivity contribution >= 4 is 0 Å². The molecule has 0 aromatic rings. The normalized spacial score (nSPS) is 24.5. The van der Waals surface area contributed by atoms with E-state index in [1.54, 1.807) is 5.57 Å². The van der Waals surface area contributed by atoms with Gasteiger partial charge in [-0.3, -0.25) is 0 Å². The third-order valence-corrected chi connectivity index (χ3v) is 3.43. The lowest BCUT2D eigenvalue weighted by Gasteiger charge is -2.32. The van der Waals surface area contributed by atoms with Crippen molar-refractivity contribution < 1.29 is 5.11 Å². The van der Waals surface area contributed by atoms with Crippen molar-refractivity contribution in [3.63, 3.8) is 0 Å². The Kier molecular flexibility index (Phi) is 3.99. The van der Waals surface area contributed by atoms with Crippen LogP contribution >= 0.6 is 0 Å². The van der Waals surface area contributed by atoms with Crippen molar-refractivity contribution in [1.82, 2.24) is 0 Å². The minimum absolute atomic E-state index is 0.0502. The quantitative estimate of drug-likeness (QED) is 0.700. The monoisotopic (exact) mass is 210 g/mol. The van der Waals surface area contributed by atoms with Crippen LogP contribution in [0.4, 0.5) is 0 Å².